The number of benzene rings is 1. The van der Waals surface area contributed by atoms with Crippen molar-refractivity contribution in [2.45, 2.75) is 13.8 Å². The third-order valence-corrected chi connectivity index (χ3v) is 3.88. The predicted octanol–water partition coefficient (Wildman–Crippen LogP) is 3.85. The molecule has 0 fully saturated rings. The van der Waals surface area contributed by atoms with Crippen LogP contribution in [0.4, 0.5) is 5.69 Å². The van der Waals surface area contributed by atoms with Crippen LogP contribution < -0.4 is 9.08 Å². The molecule has 6 nitrogen and oxygen atoms in total. The van der Waals surface area contributed by atoms with Crippen LogP contribution in [0.25, 0.3) is 0 Å². The maximum atomic E-state index is 10.5. The fourth-order valence-corrected chi connectivity index (χ4v) is 2.85. The zero-order valence-electron chi connectivity index (χ0n) is 14.6. The Morgan fingerprint density at radius 3 is 1.85 bits per heavy atom. The Hall–Kier alpha value is -1.54. The molecule has 1 aromatic carbocycles. The van der Waals surface area contributed by atoms with Crippen LogP contribution in [0.3, 0.4) is 0 Å². The number of aryl methyl sites for hydroxylation is 2. The van der Waals surface area contributed by atoms with E-state index < -0.39 is 10.4 Å². The van der Waals surface area contributed by atoms with Gasteiger partial charge in [0.1, 0.15) is 5.75 Å². The number of aromatic nitrogens is 1. The van der Waals surface area contributed by atoms with E-state index in [9.17, 15) is 8.42 Å². The normalized spacial score (nSPS) is 10.7. The highest BCUT2D eigenvalue weighted by Gasteiger charge is 2.09. The number of pyridine rings is 1. The van der Waals surface area contributed by atoms with Crippen LogP contribution in [0, 0.1) is 13.8 Å². The van der Waals surface area contributed by atoms with Crippen LogP contribution in [-0.4, -0.2) is 42.8 Å². The molecule has 0 aliphatic carbocycles. The summed E-state index contributed by atoms with van der Waals surface area (Å²) in [6.45, 7) is 5.25. The first-order valence-corrected chi connectivity index (χ1v) is 10.2. The zero-order chi connectivity index (χ0) is 19.6. The molecule has 0 amide bonds. The summed E-state index contributed by atoms with van der Waals surface area (Å²) in [5, 5.41) is 0. The van der Waals surface area contributed by atoms with Gasteiger partial charge in [-0.25, -0.2) is 0 Å². The van der Waals surface area contributed by atoms with Gasteiger partial charge in [0.2, 0.25) is 0 Å². The van der Waals surface area contributed by atoms with Gasteiger partial charge in [-0.05, 0) is 50.2 Å². The summed E-state index contributed by atoms with van der Waals surface area (Å²) in [5.41, 5.74) is 3.02. The van der Waals surface area contributed by atoms with E-state index in [2.05, 4.69) is 9.17 Å². The molecule has 2 aromatic rings. The highest BCUT2D eigenvalue weighted by atomic mass is 35.5. The van der Waals surface area contributed by atoms with Gasteiger partial charge in [-0.2, -0.15) is 8.42 Å². The predicted molar refractivity (Wildman–Crippen MR) is 106 cm³/mol. The van der Waals surface area contributed by atoms with Crippen LogP contribution in [0.1, 0.15) is 11.4 Å². The van der Waals surface area contributed by atoms with Crippen molar-refractivity contribution >= 4 is 39.3 Å². The average molecular weight is 421 g/mol. The van der Waals surface area contributed by atoms with Crippen molar-refractivity contribution in [2.75, 3.05) is 29.7 Å². The minimum absolute atomic E-state index is 0.0398. The minimum Gasteiger partial charge on any atom is -0.369 e. The summed E-state index contributed by atoms with van der Waals surface area (Å²) in [6.07, 6.45) is 0. The molecular weight excluding hydrogens is 399 g/mol. The van der Waals surface area contributed by atoms with Crippen LogP contribution in [0.2, 0.25) is 0 Å². The molecule has 0 unspecified atom stereocenters. The van der Waals surface area contributed by atoms with E-state index in [0.29, 0.717) is 24.8 Å². The van der Waals surface area contributed by atoms with Gasteiger partial charge in [0.25, 0.3) is 0 Å². The van der Waals surface area contributed by atoms with Gasteiger partial charge >= 0.3 is 10.4 Å². The SMILES string of the molecule is Cc1cccc(C)n1.O=S(=O)(O)Oc1ccc(N(CCCl)CCCl)cc1. The molecule has 0 bridgehead atoms. The highest BCUT2D eigenvalue weighted by molar-refractivity contribution is 7.81. The molecule has 144 valence electrons. The number of rotatable bonds is 7. The lowest BCUT2D eigenvalue weighted by Crippen LogP contribution is -2.27. The lowest BCUT2D eigenvalue weighted by molar-refractivity contribution is 0.387. The van der Waals surface area contributed by atoms with Crippen molar-refractivity contribution in [1.29, 1.82) is 0 Å². The Kier molecular flexibility index (Phi) is 9.72. The Morgan fingerprint density at radius 1 is 1.00 bits per heavy atom. The van der Waals surface area contributed by atoms with E-state index in [-0.39, 0.29) is 5.75 Å². The number of halogens is 2. The monoisotopic (exact) mass is 420 g/mol. The van der Waals surface area contributed by atoms with Crippen LogP contribution in [-0.2, 0) is 10.4 Å². The molecule has 0 radical (unpaired) electrons. The second kappa shape index (κ2) is 11.2. The lowest BCUT2D eigenvalue weighted by atomic mass is 10.2. The molecule has 0 atom stereocenters. The summed E-state index contributed by atoms with van der Waals surface area (Å²) >= 11 is 11.4. The maximum Gasteiger partial charge on any atom is 0.446 e. The molecule has 0 saturated carbocycles. The largest absolute Gasteiger partial charge is 0.446 e. The van der Waals surface area contributed by atoms with E-state index >= 15 is 0 Å². The Bertz CT molecular complexity index is 747. The number of hydrogen-bond acceptors (Lipinski definition) is 5. The summed E-state index contributed by atoms with van der Waals surface area (Å²) in [7, 11) is -4.49. The molecular formula is C17H22Cl2N2O4S. The van der Waals surface area contributed by atoms with Gasteiger partial charge in [0, 0.05) is 41.9 Å². The van der Waals surface area contributed by atoms with E-state index in [1.165, 1.54) is 12.1 Å². The molecule has 1 heterocycles. The maximum absolute atomic E-state index is 10.5. The van der Waals surface area contributed by atoms with Crippen molar-refractivity contribution in [1.82, 2.24) is 4.98 Å². The number of nitrogens with zero attached hydrogens (tertiary/aromatic N) is 2. The third kappa shape index (κ3) is 9.24. The lowest BCUT2D eigenvalue weighted by Gasteiger charge is -2.22. The van der Waals surface area contributed by atoms with E-state index in [0.717, 1.165) is 17.1 Å². The second-order valence-electron chi connectivity index (χ2n) is 5.29. The molecule has 1 aromatic heterocycles. The Morgan fingerprint density at radius 2 is 1.50 bits per heavy atom. The first kappa shape index (κ1) is 22.5. The van der Waals surface area contributed by atoms with Gasteiger partial charge in [0.15, 0.2) is 0 Å². The van der Waals surface area contributed by atoms with Crippen LogP contribution in [0.5, 0.6) is 5.75 Å². The zero-order valence-corrected chi connectivity index (χ0v) is 16.9. The molecule has 0 saturated heterocycles. The quantitative estimate of drug-likeness (QED) is 0.541. The number of alkyl halides is 2. The smallest absolute Gasteiger partial charge is 0.369 e. The van der Waals surface area contributed by atoms with E-state index in [4.69, 9.17) is 27.8 Å². The minimum atomic E-state index is -4.49. The molecule has 2 rings (SSSR count). The summed E-state index contributed by atoms with van der Waals surface area (Å²) in [4.78, 5) is 6.13. The van der Waals surface area contributed by atoms with Crippen molar-refractivity contribution in [3.8, 4) is 5.75 Å². The second-order valence-corrected chi connectivity index (χ2v) is 7.07. The van der Waals surface area contributed by atoms with Crippen LogP contribution in [0.15, 0.2) is 42.5 Å². The van der Waals surface area contributed by atoms with Crippen molar-refractivity contribution in [3.05, 3.63) is 53.9 Å². The van der Waals surface area contributed by atoms with Crippen molar-refractivity contribution in [3.63, 3.8) is 0 Å². The highest BCUT2D eigenvalue weighted by Crippen LogP contribution is 2.20. The van der Waals surface area contributed by atoms with Gasteiger partial charge in [-0.15, -0.1) is 23.2 Å². The summed E-state index contributed by atoms with van der Waals surface area (Å²) in [6, 6.07) is 12.2. The van der Waals surface area contributed by atoms with Gasteiger partial charge in [0.05, 0.1) is 0 Å². The Labute approximate surface area is 164 Å². The molecule has 9 heteroatoms. The topological polar surface area (TPSA) is 79.7 Å². The third-order valence-electron chi connectivity index (χ3n) is 3.14. The van der Waals surface area contributed by atoms with Gasteiger partial charge < -0.3 is 9.08 Å². The standard InChI is InChI=1S/C10H13Cl2NO4S.C7H9N/c11-5-7-13(8-6-12)9-1-3-10(4-2-9)17-18(14,15)16;1-6-4-3-5-7(2)8-6/h1-4H,5-8H2,(H,14,15,16);3-5H,1-2H3. The molecule has 0 aliphatic rings. The van der Waals surface area contributed by atoms with E-state index in [1.54, 1.807) is 12.1 Å². The van der Waals surface area contributed by atoms with E-state index in [1.807, 2.05) is 36.9 Å². The van der Waals surface area contributed by atoms with Gasteiger partial charge in [-0.3, -0.25) is 9.54 Å². The fraction of sp³-hybridized carbons (Fsp3) is 0.353. The average Bonchev–Trinajstić information content (AvgIpc) is 2.54. The molecule has 0 aliphatic heterocycles. The Balaban J connectivity index is 0.000000350. The van der Waals surface area contributed by atoms with Crippen molar-refractivity contribution in [2.24, 2.45) is 0 Å². The summed E-state index contributed by atoms with van der Waals surface area (Å²) in [5.74, 6) is 0.957. The number of anilines is 1. The summed E-state index contributed by atoms with van der Waals surface area (Å²) < 4.78 is 33.9. The molecule has 0 spiro atoms. The first-order chi connectivity index (χ1) is 12.2. The van der Waals surface area contributed by atoms with Gasteiger partial charge in [-0.1, -0.05) is 6.07 Å². The fourth-order valence-electron chi connectivity index (χ4n) is 2.09. The van der Waals surface area contributed by atoms with Crippen molar-refractivity contribution < 1.29 is 17.2 Å². The van der Waals surface area contributed by atoms with Crippen LogP contribution >= 0.6 is 23.2 Å². The number of hydrogen-bond donors (Lipinski definition) is 1. The molecule has 26 heavy (non-hydrogen) atoms. The first-order valence-electron chi connectivity index (χ1n) is 7.79. The molecule has 1 N–H and O–H groups in total.